The molecule has 2 aromatic carbocycles. The van der Waals surface area contributed by atoms with E-state index >= 15 is 0 Å². The summed E-state index contributed by atoms with van der Waals surface area (Å²) < 4.78 is 41.9. The number of carbonyl (C=O) groups excluding carboxylic acids is 1. The van der Waals surface area contributed by atoms with Crippen LogP contribution in [0.2, 0.25) is 5.02 Å². The van der Waals surface area contributed by atoms with Gasteiger partial charge in [0.25, 0.3) is 0 Å². The van der Waals surface area contributed by atoms with Crippen molar-refractivity contribution in [1.82, 2.24) is 0 Å². The third kappa shape index (κ3) is 4.79. The van der Waals surface area contributed by atoms with Gasteiger partial charge in [-0.05, 0) is 48.5 Å². The lowest BCUT2D eigenvalue weighted by Crippen LogP contribution is -2.14. The fraction of sp³-hybridized carbons (Fsp3) is 0.133. The van der Waals surface area contributed by atoms with Gasteiger partial charge in [-0.2, -0.15) is 13.2 Å². The second-order valence-electron chi connectivity index (χ2n) is 4.30. The predicted octanol–water partition coefficient (Wildman–Crippen LogP) is 5.27. The molecular weight excluding hydrogens is 305 g/mol. The Morgan fingerprint density at radius 3 is 1.90 bits per heavy atom. The molecule has 0 N–H and O–H groups in total. The van der Waals surface area contributed by atoms with E-state index in [9.17, 15) is 18.0 Å². The molecule has 0 aliphatic heterocycles. The van der Waals surface area contributed by atoms with Crippen LogP contribution in [-0.4, -0.2) is 12.0 Å². The molecule has 21 heavy (non-hydrogen) atoms. The molecule has 0 unspecified atom stereocenters. The average Bonchev–Trinajstić information content (AvgIpc) is 2.40. The molecule has 0 aromatic heterocycles. The van der Waals surface area contributed by atoms with Gasteiger partial charge in [0.1, 0.15) is 17.9 Å². The first-order valence-corrected chi connectivity index (χ1v) is 6.35. The lowest BCUT2D eigenvalue weighted by atomic mass is 10.1. The number of halogens is 4. The molecule has 0 heterocycles. The molecule has 0 aliphatic rings. The van der Waals surface area contributed by atoms with E-state index in [2.05, 4.69) is 0 Å². The van der Waals surface area contributed by atoms with E-state index in [1.165, 1.54) is 24.3 Å². The first kappa shape index (κ1) is 15.4. The standard InChI is InChI=1S/C15H10ClF3O2/c16-11-3-7-13(8-4-11)21-12-5-1-10(2-6-12)14(20)9-15(17,18)19/h1-8H,9H2. The van der Waals surface area contributed by atoms with E-state index in [4.69, 9.17) is 16.3 Å². The fourth-order valence-electron chi connectivity index (χ4n) is 1.63. The number of Topliss-reactive ketones (excluding diaryl/α,β-unsaturated/α-hetero) is 1. The van der Waals surface area contributed by atoms with Gasteiger partial charge in [0, 0.05) is 10.6 Å². The summed E-state index contributed by atoms with van der Waals surface area (Å²) in [5.74, 6) is -0.0183. The monoisotopic (exact) mass is 314 g/mol. The molecule has 110 valence electrons. The molecule has 0 radical (unpaired) electrons. The van der Waals surface area contributed by atoms with Crippen molar-refractivity contribution in [1.29, 1.82) is 0 Å². The van der Waals surface area contributed by atoms with Crippen LogP contribution in [0.15, 0.2) is 48.5 Å². The van der Waals surface area contributed by atoms with Gasteiger partial charge in [-0.1, -0.05) is 11.6 Å². The summed E-state index contributed by atoms with van der Waals surface area (Å²) in [6.45, 7) is 0. The quantitative estimate of drug-likeness (QED) is 0.719. The highest BCUT2D eigenvalue weighted by atomic mass is 35.5. The lowest BCUT2D eigenvalue weighted by Gasteiger charge is -2.08. The Bertz CT molecular complexity index is 619. The van der Waals surface area contributed by atoms with E-state index in [0.29, 0.717) is 16.5 Å². The van der Waals surface area contributed by atoms with Crippen LogP contribution in [-0.2, 0) is 0 Å². The minimum absolute atomic E-state index is 0.00391. The molecule has 0 atom stereocenters. The molecular formula is C15H10ClF3O2. The van der Waals surface area contributed by atoms with Crippen LogP contribution < -0.4 is 4.74 Å². The zero-order valence-electron chi connectivity index (χ0n) is 10.7. The van der Waals surface area contributed by atoms with Crippen LogP contribution in [0.4, 0.5) is 13.2 Å². The third-order valence-electron chi connectivity index (χ3n) is 2.59. The Morgan fingerprint density at radius 2 is 1.43 bits per heavy atom. The summed E-state index contributed by atoms with van der Waals surface area (Å²) in [5.41, 5.74) is -0.00391. The first-order chi connectivity index (χ1) is 9.83. The number of hydrogen-bond donors (Lipinski definition) is 0. The Balaban J connectivity index is 2.05. The van der Waals surface area contributed by atoms with Gasteiger partial charge in [0.15, 0.2) is 5.78 Å². The van der Waals surface area contributed by atoms with Crippen molar-refractivity contribution in [3.8, 4) is 11.5 Å². The second kappa shape index (κ2) is 6.18. The molecule has 2 aromatic rings. The molecule has 0 spiro atoms. The number of carbonyl (C=O) groups is 1. The zero-order chi connectivity index (χ0) is 15.5. The van der Waals surface area contributed by atoms with Gasteiger partial charge >= 0.3 is 6.18 Å². The van der Waals surface area contributed by atoms with Crippen molar-refractivity contribution in [2.24, 2.45) is 0 Å². The number of alkyl halides is 3. The number of ether oxygens (including phenoxy) is 1. The maximum atomic E-state index is 12.1. The van der Waals surface area contributed by atoms with E-state index in [-0.39, 0.29) is 5.56 Å². The summed E-state index contributed by atoms with van der Waals surface area (Å²) in [7, 11) is 0. The van der Waals surface area contributed by atoms with Gasteiger partial charge < -0.3 is 4.74 Å². The van der Waals surface area contributed by atoms with E-state index in [0.717, 1.165) is 0 Å². The van der Waals surface area contributed by atoms with Crippen LogP contribution >= 0.6 is 11.6 Å². The SMILES string of the molecule is O=C(CC(F)(F)F)c1ccc(Oc2ccc(Cl)cc2)cc1. The molecule has 0 saturated carbocycles. The van der Waals surface area contributed by atoms with Crippen molar-refractivity contribution < 1.29 is 22.7 Å². The third-order valence-corrected chi connectivity index (χ3v) is 2.84. The number of benzene rings is 2. The predicted molar refractivity (Wildman–Crippen MR) is 73.0 cm³/mol. The second-order valence-corrected chi connectivity index (χ2v) is 4.73. The van der Waals surface area contributed by atoms with Crippen LogP contribution in [0.5, 0.6) is 11.5 Å². The summed E-state index contributed by atoms with van der Waals surface area (Å²) in [4.78, 5) is 11.4. The molecule has 0 bridgehead atoms. The average molecular weight is 315 g/mol. The highest BCUT2D eigenvalue weighted by molar-refractivity contribution is 6.30. The van der Waals surface area contributed by atoms with Crippen LogP contribution in [0.1, 0.15) is 16.8 Å². The van der Waals surface area contributed by atoms with Gasteiger partial charge in [-0.15, -0.1) is 0 Å². The molecule has 2 rings (SSSR count). The number of hydrogen-bond acceptors (Lipinski definition) is 2. The van der Waals surface area contributed by atoms with Crippen molar-refractivity contribution in [3.05, 3.63) is 59.1 Å². The van der Waals surface area contributed by atoms with Gasteiger partial charge in [-0.3, -0.25) is 4.79 Å². The Hall–Kier alpha value is -2.01. The van der Waals surface area contributed by atoms with Gasteiger partial charge in [-0.25, -0.2) is 0 Å². The van der Waals surface area contributed by atoms with Crippen molar-refractivity contribution in [2.75, 3.05) is 0 Å². The number of ketones is 1. The van der Waals surface area contributed by atoms with Crippen LogP contribution in [0.3, 0.4) is 0 Å². The fourth-order valence-corrected chi connectivity index (χ4v) is 1.76. The first-order valence-electron chi connectivity index (χ1n) is 5.97. The molecule has 0 fully saturated rings. The van der Waals surface area contributed by atoms with E-state index in [1.807, 2.05) is 0 Å². The Labute approximate surface area is 124 Å². The minimum atomic E-state index is -4.50. The van der Waals surface area contributed by atoms with Crippen LogP contribution in [0.25, 0.3) is 0 Å². The normalized spacial score (nSPS) is 11.2. The summed E-state index contributed by atoms with van der Waals surface area (Å²) in [5, 5.41) is 0.565. The molecule has 0 amide bonds. The lowest BCUT2D eigenvalue weighted by molar-refractivity contribution is -0.125. The van der Waals surface area contributed by atoms with Gasteiger partial charge in [0.2, 0.25) is 0 Å². The molecule has 0 saturated heterocycles. The minimum Gasteiger partial charge on any atom is -0.457 e. The highest BCUT2D eigenvalue weighted by Crippen LogP contribution is 2.25. The topological polar surface area (TPSA) is 26.3 Å². The summed E-state index contributed by atoms with van der Waals surface area (Å²) >= 11 is 5.74. The Morgan fingerprint density at radius 1 is 0.952 bits per heavy atom. The van der Waals surface area contributed by atoms with Crippen LogP contribution in [0, 0.1) is 0 Å². The van der Waals surface area contributed by atoms with E-state index < -0.39 is 18.4 Å². The highest BCUT2D eigenvalue weighted by Gasteiger charge is 2.31. The maximum absolute atomic E-state index is 12.1. The molecule has 2 nitrogen and oxygen atoms in total. The Kier molecular flexibility index (Phi) is 4.53. The number of rotatable bonds is 4. The summed E-state index contributed by atoms with van der Waals surface area (Å²) in [6.07, 6.45) is -5.97. The maximum Gasteiger partial charge on any atom is 0.396 e. The van der Waals surface area contributed by atoms with Crippen molar-refractivity contribution >= 4 is 17.4 Å². The zero-order valence-corrected chi connectivity index (χ0v) is 11.4. The smallest absolute Gasteiger partial charge is 0.396 e. The van der Waals surface area contributed by atoms with Crippen molar-refractivity contribution in [2.45, 2.75) is 12.6 Å². The molecule has 6 heteroatoms. The summed E-state index contributed by atoms with van der Waals surface area (Å²) in [6, 6.07) is 12.1. The van der Waals surface area contributed by atoms with E-state index in [1.54, 1.807) is 24.3 Å². The van der Waals surface area contributed by atoms with Gasteiger partial charge in [0.05, 0.1) is 0 Å². The van der Waals surface area contributed by atoms with Crippen molar-refractivity contribution in [3.63, 3.8) is 0 Å². The largest absolute Gasteiger partial charge is 0.457 e. The molecule has 0 aliphatic carbocycles.